The molecule has 0 atom stereocenters. The van der Waals surface area contributed by atoms with E-state index in [1.165, 1.54) is 12.1 Å². The van der Waals surface area contributed by atoms with Gasteiger partial charge in [0.1, 0.15) is 6.54 Å². The molecule has 10 heteroatoms. The van der Waals surface area contributed by atoms with Crippen molar-refractivity contribution in [2.75, 3.05) is 11.9 Å². The first-order chi connectivity index (χ1) is 19.1. The Kier molecular flexibility index (Phi) is 7.27. The fraction of sp³-hybridized carbons (Fsp3) is 0.167. The summed E-state index contributed by atoms with van der Waals surface area (Å²) in [6.07, 6.45) is 3.56. The van der Waals surface area contributed by atoms with Crippen LogP contribution in [0.15, 0.2) is 71.8 Å². The summed E-state index contributed by atoms with van der Waals surface area (Å²) in [5, 5.41) is 14.2. The van der Waals surface area contributed by atoms with E-state index in [0.717, 1.165) is 55.4 Å². The highest BCUT2D eigenvalue weighted by Crippen LogP contribution is 2.34. The minimum absolute atomic E-state index is 0.0235. The number of nitrogens with zero attached hydrogens (tertiary/aromatic N) is 3. The molecule has 0 bridgehead atoms. The molecule has 0 saturated carbocycles. The zero-order valence-corrected chi connectivity index (χ0v) is 23.0. The first-order valence-corrected chi connectivity index (χ1v) is 13.4. The average molecular weight is 555 g/mol. The van der Waals surface area contributed by atoms with Crippen molar-refractivity contribution in [2.45, 2.75) is 27.3 Å². The highest BCUT2D eigenvalue weighted by molar-refractivity contribution is 8.18. The number of non-ortho nitro benzene ring substituents is 1. The molecule has 3 amide bonds. The van der Waals surface area contributed by atoms with E-state index in [4.69, 9.17) is 0 Å². The SMILES string of the molecule is Cc1cc(C)c(NC(=O)CN2C(=O)S/C(=C\c3cn(Cc4ccc([N+](=O)[O-])cc4)c4ccccc34)C2=O)c(C)c1. The highest BCUT2D eigenvalue weighted by atomic mass is 32.2. The summed E-state index contributed by atoms with van der Waals surface area (Å²) in [5.74, 6) is -0.965. The molecule has 0 unspecified atom stereocenters. The van der Waals surface area contributed by atoms with Crippen molar-refractivity contribution in [2.24, 2.45) is 0 Å². The Hall–Kier alpha value is -4.70. The van der Waals surface area contributed by atoms with E-state index in [9.17, 15) is 24.5 Å². The zero-order chi connectivity index (χ0) is 28.6. The number of carbonyl (C=O) groups is 3. The van der Waals surface area contributed by atoms with Crippen molar-refractivity contribution in [3.8, 4) is 0 Å². The molecule has 5 rings (SSSR count). The number of anilines is 1. The van der Waals surface area contributed by atoms with E-state index in [0.29, 0.717) is 12.2 Å². The number of hydrogen-bond acceptors (Lipinski definition) is 6. The molecule has 0 aliphatic carbocycles. The Balaban J connectivity index is 1.36. The molecule has 9 nitrogen and oxygen atoms in total. The Morgan fingerprint density at radius 2 is 1.70 bits per heavy atom. The fourth-order valence-electron chi connectivity index (χ4n) is 4.92. The van der Waals surface area contributed by atoms with Crippen molar-refractivity contribution >= 4 is 57.2 Å². The third kappa shape index (κ3) is 5.39. The lowest BCUT2D eigenvalue weighted by atomic mass is 10.1. The van der Waals surface area contributed by atoms with Gasteiger partial charge in [0.15, 0.2) is 0 Å². The number of nitro groups is 1. The number of benzene rings is 3. The predicted molar refractivity (Wildman–Crippen MR) is 156 cm³/mol. The van der Waals surface area contributed by atoms with Gasteiger partial charge in [-0.3, -0.25) is 29.4 Å². The number of aryl methyl sites for hydroxylation is 3. The molecule has 202 valence electrons. The number of nitro benzene ring substituents is 1. The number of fused-ring (bicyclic) bond motifs is 1. The van der Waals surface area contributed by atoms with Crippen molar-refractivity contribution in [1.82, 2.24) is 9.47 Å². The fourth-order valence-corrected chi connectivity index (χ4v) is 5.75. The van der Waals surface area contributed by atoms with Gasteiger partial charge >= 0.3 is 0 Å². The maximum atomic E-state index is 13.2. The van der Waals surface area contributed by atoms with Crippen molar-refractivity contribution in [1.29, 1.82) is 0 Å². The van der Waals surface area contributed by atoms with Crippen LogP contribution in [-0.2, 0) is 16.1 Å². The minimum Gasteiger partial charge on any atom is -0.342 e. The Labute approximate surface area is 234 Å². The van der Waals surface area contributed by atoms with Crippen LogP contribution in [0.2, 0.25) is 0 Å². The maximum Gasteiger partial charge on any atom is 0.294 e. The number of imide groups is 1. The number of thioether (sulfide) groups is 1. The Morgan fingerprint density at radius 3 is 2.38 bits per heavy atom. The van der Waals surface area contributed by atoms with Crippen LogP contribution in [0.25, 0.3) is 17.0 Å². The molecule has 3 aromatic carbocycles. The van der Waals surface area contributed by atoms with Gasteiger partial charge in [-0.05, 0) is 61.4 Å². The number of nitrogens with one attached hydrogen (secondary N) is 1. The summed E-state index contributed by atoms with van der Waals surface area (Å²) in [6.45, 7) is 5.86. The van der Waals surface area contributed by atoms with Crippen LogP contribution in [0.4, 0.5) is 16.2 Å². The lowest BCUT2D eigenvalue weighted by Crippen LogP contribution is -2.36. The van der Waals surface area contributed by atoms with Gasteiger partial charge in [-0.15, -0.1) is 0 Å². The minimum atomic E-state index is -0.519. The topological polar surface area (TPSA) is 115 Å². The van der Waals surface area contributed by atoms with Crippen LogP contribution in [0.5, 0.6) is 0 Å². The summed E-state index contributed by atoms with van der Waals surface area (Å²) >= 11 is 0.805. The molecule has 40 heavy (non-hydrogen) atoms. The summed E-state index contributed by atoms with van der Waals surface area (Å²) in [7, 11) is 0. The molecular formula is C30H26N4O5S. The maximum absolute atomic E-state index is 13.2. The van der Waals surface area contributed by atoms with E-state index >= 15 is 0 Å². The van der Waals surface area contributed by atoms with Crippen molar-refractivity contribution in [3.63, 3.8) is 0 Å². The highest BCUT2D eigenvalue weighted by Gasteiger charge is 2.36. The van der Waals surface area contributed by atoms with Gasteiger partial charge in [-0.25, -0.2) is 0 Å². The van der Waals surface area contributed by atoms with E-state index in [2.05, 4.69) is 5.32 Å². The number of carbonyl (C=O) groups excluding carboxylic acids is 3. The summed E-state index contributed by atoms with van der Waals surface area (Å²) in [4.78, 5) is 50.4. The average Bonchev–Trinajstić information content (AvgIpc) is 3.38. The second kappa shape index (κ2) is 10.8. The lowest BCUT2D eigenvalue weighted by molar-refractivity contribution is -0.384. The number of amides is 3. The zero-order valence-electron chi connectivity index (χ0n) is 22.1. The molecule has 1 aromatic heterocycles. The third-order valence-corrected chi connectivity index (χ3v) is 7.63. The normalized spacial score (nSPS) is 14.4. The first-order valence-electron chi connectivity index (χ1n) is 12.5. The molecule has 2 heterocycles. The molecule has 4 aromatic rings. The summed E-state index contributed by atoms with van der Waals surface area (Å²) < 4.78 is 1.99. The van der Waals surface area contributed by atoms with Gasteiger partial charge < -0.3 is 9.88 Å². The van der Waals surface area contributed by atoms with Crippen molar-refractivity contribution < 1.29 is 19.3 Å². The van der Waals surface area contributed by atoms with Gasteiger partial charge in [0.2, 0.25) is 5.91 Å². The van der Waals surface area contributed by atoms with Gasteiger partial charge in [-0.2, -0.15) is 0 Å². The standard InChI is InChI=1S/C30H26N4O5S/c1-18-12-19(2)28(20(3)13-18)31-27(35)17-33-29(36)26(40-30(33)37)14-22-16-32(25-7-5-4-6-24(22)25)15-21-8-10-23(11-9-21)34(38)39/h4-14,16H,15,17H2,1-3H3,(H,31,35)/b26-14-. The van der Waals surface area contributed by atoms with Gasteiger partial charge in [0.25, 0.3) is 16.8 Å². The molecule has 1 aliphatic rings. The third-order valence-electron chi connectivity index (χ3n) is 6.72. The van der Waals surface area contributed by atoms with E-state index in [-0.39, 0.29) is 17.1 Å². The molecule has 1 fully saturated rings. The molecule has 0 radical (unpaired) electrons. The molecular weight excluding hydrogens is 528 g/mol. The lowest BCUT2D eigenvalue weighted by Gasteiger charge is -2.15. The first kappa shape index (κ1) is 26.9. The second-order valence-electron chi connectivity index (χ2n) is 9.74. The van der Waals surface area contributed by atoms with E-state index in [1.807, 2.05) is 67.9 Å². The second-order valence-corrected chi connectivity index (χ2v) is 10.7. The van der Waals surface area contributed by atoms with Crippen molar-refractivity contribution in [3.05, 3.63) is 110 Å². The Morgan fingerprint density at radius 1 is 1.02 bits per heavy atom. The number of rotatable bonds is 7. The van der Waals surface area contributed by atoms with E-state index < -0.39 is 22.0 Å². The monoisotopic (exact) mass is 554 g/mol. The van der Waals surface area contributed by atoms with Crippen LogP contribution in [-0.4, -0.2) is 38.0 Å². The van der Waals surface area contributed by atoms with Crippen LogP contribution in [0, 0.1) is 30.9 Å². The predicted octanol–water partition coefficient (Wildman–Crippen LogP) is 6.20. The van der Waals surface area contributed by atoms with Crippen LogP contribution in [0.3, 0.4) is 0 Å². The summed E-state index contributed by atoms with van der Waals surface area (Å²) in [5.41, 5.74) is 6.14. The molecule has 1 aliphatic heterocycles. The smallest absolute Gasteiger partial charge is 0.294 e. The molecule has 0 spiro atoms. The Bertz CT molecular complexity index is 1700. The van der Waals surface area contributed by atoms with Gasteiger partial charge in [0.05, 0.1) is 9.83 Å². The van der Waals surface area contributed by atoms with Crippen LogP contribution >= 0.6 is 11.8 Å². The number of aromatic nitrogens is 1. The van der Waals surface area contributed by atoms with E-state index in [1.54, 1.807) is 18.2 Å². The quantitative estimate of drug-likeness (QED) is 0.165. The largest absolute Gasteiger partial charge is 0.342 e. The summed E-state index contributed by atoms with van der Waals surface area (Å²) in [6, 6.07) is 18.0. The number of para-hydroxylation sites is 1. The van der Waals surface area contributed by atoms with Crippen LogP contribution in [0.1, 0.15) is 27.8 Å². The van der Waals surface area contributed by atoms with Gasteiger partial charge in [-0.1, -0.05) is 48.0 Å². The number of hydrogen-bond donors (Lipinski definition) is 1. The molecule has 1 N–H and O–H groups in total. The molecule has 1 saturated heterocycles. The van der Waals surface area contributed by atoms with Gasteiger partial charge in [0, 0.05) is 47.0 Å². The van der Waals surface area contributed by atoms with Crippen LogP contribution < -0.4 is 5.32 Å².